The number of nitrogens with zero attached hydrogens (tertiary/aromatic N) is 3. The van der Waals surface area contributed by atoms with E-state index >= 15 is 0 Å². The summed E-state index contributed by atoms with van der Waals surface area (Å²) in [6, 6.07) is 7.98. The molecule has 0 saturated heterocycles. The van der Waals surface area contributed by atoms with Gasteiger partial charge in [0, 0.05) is 36.8 Å². The van der Waals surface area contributed by atoms with Crippen LogP contribution in [0.2, 0.25) is 0 Å². The molecule has 0 aliphatic rings. The topological polar surface area (TPSA) is 74.0 Å². The maximum atomic E-state index is 10.6. The van der Waals surface area contributed by atoms with E-state index in [1.807, 2.05) is 36.7 Å². The summed E-state index contributed by atoms with van der Waals surface area (Å²) in [7, 11) is 0. The van der Waals surface area contributed by atoms with Crippen LogP contribution in [-0.2, 0) is 12.0 Å². The Morgan fingerprint density at radius 1 is 1.32 bits per heavy atom. The van der Waals surface area contributed by atoms with Crippen molar-refractivity contribution in [2.24, 2.45) is 4.99 Å². The van der Waals surface area contributed by atoms with Crippen molar-refractivity contribution in [3.63, 3.8) is 0 Å². The van der Waals surface area contributed by atoms with Crippen molar-refractivity contribution >= 4 is 46.9 Å². The highest BCUT2D eigenvalue weighted by atomic mass is 127. The zero-order valence-corrected chi connectivity index (χ0v) is 19.6. The molecule has 28 heavy (non-hydrogen) atoms. The summed E-state index contributed by atoms with van der Waals surface area (Å²) in [4.78, 5) is 10.2. The zero-order valence-electron chi connectivity index (χ0n) is 16.5. The SMILES string of the molecule is CCNC(=NCC(C)(O)c1cccs1)NCCc1cn2cccc(C)c2n1.I. The largest absolute Gasteiger partial charge is 0.383 e. The van der Waals surface area contributed by atoms with Gasteiger partial charge in [-0.2, -0.15) is 0 Å². The molecule has 8 heteroatoms. The van der Waals surface area contributed by atoms with Gasteiger partial charge in [0.1, 0.15) is 11.2 Å². The summed E-state index contributed by atoms with van der Waals surface area (Å²) in [5, 5.41) is 19.2. The number of aryl methyl sites for hydroxylation is 1. The Labute approximate surface area is 187 Å². The number of aliphatic hydroxyl groups is 1. The van der Waals surface area contributed by atoms with Gasteiger partial charge in [-0.25, -0.2) is 9.98 Å². The van der Waals surface area contributed by atoms with Crippen molar-refractivity contribution in [3.8, 4) is 0 Å². The molecule has 0 saturated carbocycles. The first-order valence-electron chi connectivity index (χ1n) is 9.21. The lowest BCUT2D eigenvalue weighted by Gasteiger charge is -2.20. The number of nitrogens with one attached hydrogen (secondary N) is 2. The van der Waals surface area contributed by atoms with Gasteiger partial charge in [-0.1, -0.05) is 12.1 Å². The number of imidazole rings is 1. The van der Waals surface area contributed by atoms with Crippen molar-refractivity contribution in [2.75, 3.05) is 19.6 Å². The number of hydrogen-bond donors (Lipinski definition) is 3. The minimum absolute atomic E-state index is 0. The van der Waals surface area contributed by atoms with E-state index in [2.05, 4.69) is 39.2 Å². The van der Waals surface area contributed by atoms with E-state index in [1.54, 1.807) is 18.3 Å². The highest BCUT2D eigenvalue weighted by Gasteiger charge is 2.23. The molecule has 0 aromatic carbocycles. The average molecular weight is 513 g/mol. The van der Waals surface area contributed by atoms with E-state index in [-0.39, 0.29) is 24.0 Å². The summed E-state index contributed by atoms with van der Waals surface area (Å²) in [6.07, 6.45) is 4.88. The normalized spacial score (nSPS) is 13.8. The monoisotopic (exact) mass is 513 g/mol. The molecule has 3 rings (SSSR count). The summed E-state index contributed by atoms with van der Waals surface area (Å²) >= 11 is 1.54. The quantitative estimate of drug-likeness (QED) is 0.258. The van der Waals surface area contributed by atoms with Crippen molar-refractivity contribution in [1.29, 1.82) is 0 Å². The van der Waals surface area contributed by atoms with Gasteiger partial charge in [-0.15, -0.1) is 35.3 Å². The molecule has 0 radical (unpaired) electrons. The fourth-order valence-electron chi connectivity index (χ4n) is 2.87. The van der Waals surface area contributed by atoms with E-state index in [0.717, 1.165) is 35.7 Å². The standard InChI is InChI=1S/C20H27N5OS.HI/c1-4-21-19(23-14-20(3,26)17-8-6-12-27-17)22-10-9-16-13-25-11-5-7-15(2)18(25)24-16;/h5-8,11-13,26H,4,9-10,14H2,1-3H3,(H2,21,22,23);1H. The van der Waals surface area contributed by atoms with Crippen LogP contribution in [0, 0.1) is 6.92 Å². The predicted molar refractivity (Wildman–Crippen MR) is 127 cm³/mol. The fourth-order valence-corrected chi connectivity index (χ4v) is 3.65. The van der Waals surface area contributed by atoms with E-state index < -0.39 is 5.60 Å². The van der Waals surface area contributed by atoms with E-state index in [4.69, 9.17) is 4.98 Å². The van der Waals surface area contributed by atoms with Crippen LogP contribution in [0.3, 0.4) is 0 Å². The number of hydrogen-bond acceptors (Lipinski definition) is 4. The van der Waals surface area contributed by atoms with Crippen molar-refractivity contribution in [1.82, 2.24) is 20.0 Å². The number of aromatic nitrogens is 2. The van der Waals surface area contributed by atoms with Crippen LogP contribution in [0.25, 0.3) is 5.65 Å². The lowest BCUT2D eigenvalue weighted by atomic mass is 10.1. The van der Waals surface area contributed by atoms with Crippen LogP contribution in [0.4, 0.5) is 0 Å². The number of guanidine groups is 1. The first-order chi connectivity index (χ1) is 13.0. The van der Waals surface area contributed by atoms with Crippen LogP contribution in [0.15, 0.2) is 47.0 Å². The first kappa shape index (κ1) is 22.6. The first-order valence-corrected chi connectivity index (χ1v) is 10.1. The number of fused-ring (bicyclic) bond motifs is 1. The predicted octanol–water partition coefficient (Wildman–Crippen LogP) is 3.33. The molecule has 6 nitrogen and oxygen atoms in total. The molecule has 3 aromatic rings. The van der Waals surface area contributed by atoms with Crippen LogP contribution in [0.5, 0.6) is 0 Å². The third kappa shape index (κ3) is 5.68. The maximum absolute atomic E-state index is 10.6. The van der Waals surface area contributed by atoms with Crippen LogP contribution in [0.1, 0.15) is 30.0 Å². The van der Waals surface area contributed by atoms with Gasteiger partial charge < -0.3 is 20.1 Å². The van der Waals surface area contributed by atoms with Gasteiger partial charge in [0.05, 0.1) is 12.2 Å². The van der Waals surface area contributed by atoms with Crippen molar-refractivity contribution in [2.45, 2.75) is 32.8 Å². The third-order valence-corrected chi connectivity index (χ3v) is 5.47. The molecule has 3 N–H and O–H groups in total. The minimum atomic E-state index is -0.963. The summed E-state index contributed by atoms with van der Waals surface area (Å²) < 4.78 is 2.06. The van der Waals surface area contributed by atoms with E-state index in [0.29, 0.717) is 12.5 Å². The second-order valence-electron chi connectivity index (χ2n) is 6.78. The second-order valence-corrected chi connectivity index (χ2v) is 7.73. The van der Waals surface area contributed by atoms with Crippen molar-refractivity contribution < 1.29 is 5.11 Å². The third-order valence-electron chi connectivity index (χ3n) is 4.34. The number of halogens is 1. The fraction of sp³-hybridized carbons (Fsp3) is 0.400. The molecular formula is C20H28IN5OS. The van der Waals surface area contributed by atoms with Gasteiger partial charge in [0.2, 0.25) is 0 Å². The zero-order chi connectivity index (χ0) is 19.3. The molecule has 0 fully saturated rings. The highest BCUT2D eigenvalue weighted by Crippen LogP contribution is 2.25. The Morgan fingerprint density at radius 3 is 2.82 bits per heavy atom. The molecule has 0 bridgehead atoms. The summed E-state index contributed by atoms with van der Waals surface area (Å²) in [5.74, 6) is 0.703. The number of pyridine rings is 1. The molecule has 3 aromatic heterocycles. The van der Waals surface area contributed by atoms with E-state index in [9.17, 15) is 5.11 Å². The number of rotatable bonds is 7. The van der Waals surface area contributed by atoms with Gasteiger partial charge in [0.25, 0.3) is 0 Å². The van der Waals surface area contributed by atoms with Gasteiger partial charge in [-0.3, -0.25) is 0 Å². The Balaban J connectivity index is 0.00000280. The smallest absolute Gasteiger partial charge is 0.191 e. The average Bonchev–Trinajstić information content (AvgIpc) is 3.30. The summed E-state index contributed by atoms with van der Waals surface area (Å²) in [6.45, 7) is 7.68. The second kappa shape index (κ2) is 10.2. The number of thiophene rings is 1. The van der Waals surface area contributed by atoms with E-state index in [1.165, 1.54) is 5.56 Å². The molecule has 152 valence electrons. The van der Waals surface area contributed by atoms with Gasteiger partial charge in [-0.05, 0) is 43.8 Å². The molecule has 1 atom stereocenters. The van der Waals surface area contributed by atoms with Crippen LogP contribution >= 0.6 is 35.3 Å². The molecule has 0 spiro atoms. The molecular weight excluding hydrogens is 485 g/mol. The molecule has 1 unspecified atom stereocenters. The van der Waals surface area contributed by atoms with Crippen molar-refractivity contribution in [3.05, 3.63) is 58.2 Å². The molecule has 3 heterocycles. The molecule has 0 aliphatic heterocycles. The Hall–Kier alpha value is -1.65. The number of aliphatic imine (C=N–C) groups is 1. The van der Waals surface area contributed by atoms with Crippen LogP contribution < -0.4 is 10.6 Å². The van der Waals surface area contributed by atoms with Gasteiger partial charge >= 0.3 is 0 Å². The molecule has 0 aliphatic carbocycles. The van der Waals surface area contributed by atoms with Crippen LogP contribution in [-0.4, -0.2) is 40.1 Å². The molecule has 0 amide bonds. The Kier molecular flexibility index (Phi) is 8.26. The summed E-state index contributed by atoms with van der Waals surface area (Å²) in [5.41, 5.74) is 2.25. The Morgan fingerprint density at radius 2 is 2.14 bits per heavy atom. The highest BCUT2D eigenvalue weighted by molar-refractivity contribution is 14.0. The van der Waals surface area contributed by atoms with Gasteiger partial charge in [0.15, 0.2) is 5.96 Å². The Bertz CT molecular complexity index is 905. The lowest BCUT2D eigenvalue weighted by Crippen LogP contribution is -2.39. The minimum Gasteiger partial charge on any atom is -0.383 e. The lowest BCUT2D eigenvalue weighted by molar-refractivity contribution is 0.0711. The maximum Gasteiger partial charge on any atom is 0.191 e.